The predicted molar refractivity (Wildman–Crippen MR) is 134 cm³/mol. The molecular weight excluding hydrogens is 492 g/mol. The minimum Gasteiger partial charge on any atom is -0.463 e. The molecule has 9 heteroatoms. The van der Waals surface area contributed by atoms with Gasteiger partial charge in [-0.25, -0.2) is 0 Å². The maximum atomic E-state index is 13.0. The molecule has 2 aromatic rings. The second kappa shape index (κ2) is 12.8. The first-order chi connectivity index (χ1) is 18.6. The third-order valence-electron chi connectivity index (χ3n) is 7.02. The van der Waals surface area contributed by atoms with Crippen molar-refractivity contribution in [2.75, 3.05) is 13.7 Å². The first kappa shape index (κ1) is 26.8. The SMILES string of the molecule is CO[C@@H]1O[C@@H]2COC(=O)CC[C@@H]3O[C@H]3CCC(=O)O[C@@H]2[C@H](OCc2ccccc2)[C@H]1OCc1ccccc1. The van der Waals surface area contributed by atoms with E-state index in [0.29, 0.717) is 12.8 Å². The normalized spacial score (nSPS) is 31.9. The van der Waals surface area contributed by atoms with E-state index in [-0.39, 0.29) is 50.8 Å². The Labute approximate surface area is 222 Å². The number of cyclic esters (lactones) is 1. The lowest BCUT2D eigenvalue weighted by atomic mass is 9.98. The van der Waals surface area contributed by atoms with Crippen LogP contribution in [0, 0.1) is 0 Å². The summed E-state index contributed by atoms with van der Waals surface area (Å²) in [5, 5.41) is 0. The number of rotatable bonds is 7. The number of epoxide rings is 1. The van der Waals surface area contributed by atoms with Gasteiger partial charge in [0.2, 0.25) is 0 Å². The summed E-state index contributed by atoms with van der Waals surface area (Å²) in [5.41, 5.74) is 1.91. The van der Waals surface area contributed by atoms with E-state index in [1.807, 2.05) is 60.7 Å². The van der Waals surface area contributed by atoms with Crippen LogP contribution in [0.4, 0.5) is 0 Å². The fourth-order valence-electron chi connectivity index (χ4n) is 4.91. The Bertz CT molecular complexity index is 1050. The lowest BCUT2D eigenvalue weighted by molar-refractivity contribution is -0.316. The van der Waals surface area contributed by atoms with E-state index in [0.717, 1.165) is 11.1 Å². The molecule has 9 nitrogen and oxygen atoms in total. The molecule has 0 saturated carbocycles. The Morgan fingerprint density at radius 3 is 1.92 bits per heavy atom. The Balaban J connectivity index is 1.40. The zero-order valence-electron chi connectivity index (χ0n) is 21.4. The number of methoxy groups -OCH3 is 1. The van der Waals surface area contributed by atoms with Gasteiger partial charge in [0.1, 0.15) is 24.9 Å². The summed E-state index contributed by atoms with van der Waals surface area (Å²) >= 11 is 0. The highest BCUT2D eigenvalue weighted by Crippen LogP contribution is 2.33. The van der Waals surface area contributed by atoms with Gasteiger partial charge in [-0.3, -0.25) is 9.59 Å². The highest BCUT2D eigenvalue weighted by atomic mass is 16.7. The van der Waals surface area contributed by atoms with Gasteiger partial charge >= 0.3 is 11.9 Å². The van der Waals surface area contributed by atoms with Crippen LogP contribution in [0.2, 0.25) is 0 Å². The molecule has 7 atom stereocenters. The third-order valence-corrected chi connectivity index (χ3v) is 7.02. The molecular formula is C29H34O9. The maximum Gasteiger partial charge on any atom is 0.306 e. The number of carbonyl (C=O) groups is 2. The van der Waals surface area contributed by atoms with Gasteiger partial charge < -0.3 is 33.2 Å². The van der Waals surface area contributed by atoms with Gasteiger partial charge in [0, 0.05) is 20.0 Å². The van der Waals surface area contributed by atoms with Crippen molar-refractivity contribution >= 4 is 11.9 Å². The van der Waals surface area contributed by atoms with Crippen molar-refractivity contribution in [3.8, 4) is 0 Å². The van der Waals surface area contributed by atoms with E-state index in [1.54, 1.807) is 0 Å². The van der Waals surface area contributed by atoms with Crippen LogP contribution < -0.4 is 0 Å². The molecule has 0 aliphatic carbocycles. The molecule has 204 valence electrons. The average molecular weight is 527 g/mol. The largest absolute Gasteiger partial charge is 0.463 e. The van der Waals surface area contributed by atoms with Crippen molar-refractivity contribution in [2.24, 2.45) is 0 Å². The van der Waals surface area contributed by atoms with Crippen molar-refractivity contribution in [1.82, 2.24) is 0 Å². The lowest BCUT2D eigenvalue weighted by Crippen LogP contribution is -2.62. The zero-order valence-corrected chi connectivity index (χ0v) is 21.4. The lowest BCUT2D eigenvalue weighted by Gasteiger charge is -2.45. The Morgan fingerprint density at radius 2 is 1.32 bits per heavy atom. The molecule has 2 aromatic carbocycles. The highest BCUT2D eigenvalue weighted by molar-refractivity contribution is 5.70. The number of carbonyl (C=O) groups excluding carboxylic acids is 2. The van der Waals surface area contributed by atoms with Crippen molar-refractivity contribution < 1.29 is 42.7 Å². The van der Waals surface area contributed by atoms with E-state index in [1.165, 1.54) is 7.11 Å². The van der Waals surface area contributed by atoms with Crippen LogP contribution in [-0.2, 0) is 56.0 Å². The molecule has 0 radical (unpaired) electrons. The summed E-state index contributed by atoms with van der Waals surface area (Å²) in [6.45, 7) is 0.425. The molecule has 3 saturated heterocycles. The molecule has 0 aromatic heterocycles. The highest BCUT2D eigenvalue weighted by Gasteiger charge is 2.51. The van der Waals surface area contributed by atoms with Gasteiger partial charge in [-0.05, 0) is 24.0 Å². The third kappa shape index (κ3) is 6.98. The number of ether oxygens (including phenoxy) is 7. The van der Waals surface area contributed by atoms with Gasteiger partial charge in [0.05, 0.1) is 25.4 Å². The van der Waals surface area contributed by atoms with E-state index >= 15 is 0 Å². The minimum absolute atomic E-state index is 0.0229. The topological polar surface area (TPSA) is 102 Å². The molecule has 3 fully saturated rings. The second-order valence-electron chi connectivity index (χ2n) is 9.73. The molecule has 0 unspecified atom stereocenters. The number of benzene rings is 2. The second-order valence-corrected chi connectivity index (χ2v) is 9.73. The van der Waals surface area contributed by atoms with Crippen LogP contribution in [0.5, 0.6) is 0 Å². The van der Waals surface area contributed by atoms with Crippen molar-refractivity contribution in [1.29, 1.82) is 0 Å². The van der Waals surface area contributed by atoms with Crippen LogP contribution in [0.1, 0.15) is 36.8 Å². The van der Waals surface area contributed by atoms with E-state index in [4.69, 9.17) is 33.2 Å². The Morgan fingerprint density at radius 1 is 0.737 bits per heavy atom. The number of esters is 2. The van der Waals surface area contributed by atoms with Crippen LogP contribution in [-0.4, -0.2) is 68.6 Å². The molecule has 3 heterocycles. The summed E-state index contributed by atoms with van der Waals surface area (Å²) in [7, 11) is 1.52. The standard InChI is InChI=1S/C29H34O9/c1-32-29-28(35-17-20-10-6-3-7-11-20)27(34-16-19-8-4-2-5-9-19)26-23(37-29)18-33-24(30)14-12-21-22(36-21)13-15-25(31)38-26/h2-11,21-23,26-29H,12-18H2,1H3/t21-,22-,23+,26-,27-,28+,29+/m0/s1. The molecule has 0 bridgehead atoms. The minimum atomic E-state index is -0.886. The van der Waals surface area contributed by atoms with Gasteiger partial charge in [-0.1, -0.05) is 60.7 Å². The smallest absolute Gasteiger partial charge is 0.306 e. The summed E-state index contributed by atoms with van der Waals surface area (Å²) in [6.07, 6.45) is -2.54. The van der Waals surface area contributed by atoms with Crippen molar-refractivity contribution in [3.05, 3.63) is 71.8 Å². The number of hydrogen-bond acceptors (Lipinski definition) is 9. The fraction of sp³-hybridized carbons (Fsp3) is 0.517. The molecule has 0 amide bonds. The number of fused-ring (bicyclic) bond motifs is 2. The Hall–Kier alpha value is -2.82. The van der Waals surface area contributed by atoms with E-state index in [9.17, 15) is 9.59 Å². The molecule has 5 rings (SSSR count). The van der Waals surface area contributed by atoms with Gasteiger partial charge in [0.15, 0.2) is 12.4 Å². The summed E-state index contributed by atoms with van der Waals surface area (Å²) in [4.78, 5) is 25.4. The molecule has 38 heavy (non-hydrogen) atoms. The summed E-state index contributed by atoms with van der Waals surface area (Å²) in [5.74, 6) is -0.750. The van der Waals surface area contributed by atoms with Crippen LogP contribution in [0.15, 0.2) is 60.7 Å². The van der Waals surface area contributed by atoms with Crippen LogP contribution >= 0.6 is 0 Å². The zero-order chi connectivity index (χ0) is 26.3. The summed E-state index contributed by atoms with van der Waals surface area (Å²) in [6, 6.07) is 19.4. The quantitative estimate of drug-likeness (QED) is 0.397. The Kier molecular flexibility index (Phi) is 9.03. The maximum absolute atomic E-state index is 13.0. The first-order valence-electron chi connectivity index (χ1n) is 13.1. The van der Waals surface area contributed by atoms with Crippen LogP contribution in [0.25, 0.3) is 0 Å². The predicted octanol–water partition coefficient (Wildman–Crippen LogP) is 3.32. The monoisotopic (exact) mass is 526 g/mol. The van der Waals surface area contributed by atoms with Gasteiger partial charge in [-0.2, -0.15) is 0 Å². The molecule has 0 N–H and O–H groups in total. The number of hydrogen-bond donors (Lipinski definition) is 0. The van der Waals surface area contributed by atoms with Crippen molar-refractivity contribution in [2.45, 2.75) is 81.8 Å². The van der Waals surface area contributed by atoms with E-state index in [2.05, 4.69) is 0 Å². The molecule has 3 aliphatic heterocycles. The molecule has 3 aliphatic rings. The van der Waals surface area contributed by atoms with Gasteiger partial charge in [0.25, 0.3) is 0 Å². The summed E-state index contributed by atoms with van der Waals surface area (Å²) < 4.78 is 41.6. The molecule has 0 spiro atoms. The first-order valence-corrected chi connectivity index (χ1v) is 13.1. The van der Waals surface area contributed by atoms with Crippen LogP contribution in [0.3, 0.4) is 0 Å². The van der Waals surface area contributed by atoms with E-state index < -0.39 is 36.7 Å². The average Bonchev–Trinajstić information content (AvgIpc) is 3.71. The van der Waals surface area contributed by atoms with Gasteiger partial charge in [-0.15, -0.1) is 0 Å². The van der Waals surface area contributed by atoms with Crippen molar-refractivity contribution in [3.63, 3.8) is 0 Å². The fourth-order valence-corrected chi connectivity index (χ4v) is 4.91.